The molecule has 3 saturated heterocycles. The lowest BCUT2D eigenvalue weighted by Crippen LogP contribution is -2.57. The molecule has 0 bridgehead atoms. The number of nitrogens with two attached hydrogens (primary N) is 1. The van der Waals surface area contributed by atoms with Crippen LogP contribution in [0.3, 0.4) is 0 Å². The van der Waals surface area contributed by atoms with E-state index >= 15 is 0 Å². The Morgan fingerprint density at radius 3 is 2.27 bits per heavy atom. The minimum Gasteiger partial charge on any atom is -0.397 e. The number of nitrogens with zero attached hydrogens (tertiary/aromatic N) is 4. The van der Waals surface area contributed by atoms with Crippen LogP contribution in [0.25, 0.3) is 0 Å². The number of halogens is 4. The molecule has 0 aromatic heterocycles. The Labute approximate surface area is 290 Å². The van der Waals surface area contributed by atoms with E-state index < -0.39 is 29.5 Å². The number of nitrogen functional groups attached to an aromatic ring is 1. The molecule has 2 aromatic rings. The van der Waals surface area contributed by atoms with Gasteiger partial charge in [-0.3, -0.25) is 4.79 Å². The molecule has 4 aliphatic rings. The highest BCUT2D eigenvalue weighted by Gasteiger charge is 2.37. The van der Waals surface area contributed by atoms with E-state index in [4.69, 9.17) is 17.3 Å². The van der Waals surface area contributed by atoms with Crippen molar-refractivity contribution < 1.29 is 27.6 Å². The van der Waals surface area contributed by atoms with E-state index in [2.05, 4.69) is 15.5 Å². The number of hydrogen-bond donors (Lipinski definition) is 3. The number of alkyl halides is 3. The lowest BCUT2D eigenvalue weighted by molar-refractivity contribution is -0.137. The van der Waals surface area contributed by atoms with Gasteiger partial charge in [-0.25, -0.2) is 9.59 Å². The van der Waals surface area contributed by atoms with Crippen LogP contribution in [0.5, 0.6) is 0 Å². The highest BCUT2D eigenvalue weighted by atomic mass is 35.5. The van der Waals surface area contributed by atoms with Crippen LogP contribution in [0.4, 0.5) is 34.1 Å². The van der Waals surface area contributed by atoms with Crippen LogP contribution in [0.1, 0.15) is 61.6 Å². The largest absolute Gasteiger partial charge is 0.418 e. The van der Waals surface area contributed by atoms with Crippen molar-refractivity contribution in [2.45, 2.75) is 82.1 Å². The number of urea groups is 2. The van der Waals surface area contributed by atoms with Gasteiger partial charge >= 0.3 is 18.2 Å². The summed E-state index contributed by atoms with van der Waals surface area (Å²) in [6.45, 7) is 4.43. The molecule has 3 fully saturated rings. The summed E-state index contributed by atoms with van der Waals surface area (Å²) < 4.78 is 41.4. The Hall–Kier alpha value is -3.71. The summed E-state index contributed by atoms with van der Waals surface area (Å²) in [6, 6.07) is 8.57. The van der Waals surface area contributed by atoms with Gasteiger partial charge in [0.1, 0.15) is 6.04 Å². The number of piperidine rings is 3. The average molecular weight is 704 g/mol. The van der Waals surface area contributed by atoms with Crippen LogP contribution < -0.4 is 16.4 Å². The monoisotopic (exact) mass is 703 g/mol. The first-order valence-electron chi connectivity index (χ1n) is 17.4. The van der Waals surface area contributed by atoms with Crippen molar-refractivity contribution in [3.63, 3.8) is 0 Å². The van der Waals surface area contributed by atoms with Gasteiger partial charge in [-0.15, -0.1) is 0 Å². The van der Waals surface area contributed by atoms with E-state index in [0.29, 0.717) is 51.6 Å². The molecule has 4 heterocycles. The number of likely N-dealkylation sites (tertiary alicyclic amines) is 3. The Bertz CT molecular complexity index is 1520. The molecule has 0 spiro atoms. The van der Waals surface area contributed by atoms with Crippen LogP contribution in [-0.4, -0.2) is 102 Å². The zero-order chi connectivity index (χ0) is 34.7. The molecule has 0 aliphatic carbocycles. The van der Waals surface area contributed by atoms with Crippen LogP contribution in [-0.2, 0) is 23.8 Å². The van der Waals surface area contributed by atoms with Crippen molar-refractivity contribution in [2.75, 3.05) is 56.9 Å². The summed E-state index contributed by atoms with van der Waals surface area (Å²) in [5, 5.41) is 5.60. The number of rotatable bonds is 6. The third kappa shape index (κ3) is 8.20. The van der Waals surface area contributed by atoms with Gasteiger partial charge in [-0.1, -0.05) is 36.2 Å². The van der Waals surface area contributed by atoms with Gasteiger partial charge in [0.25, 0.3) is 0 Å². The summed E-state index contributed by atoms with van der Waals surface area (Å²) in [6.07, 6.45) is 2.13. The standard InChI is InChI=1S/C35H45ClF3N7O3/c36-28-21-23(20-27(31(28)40)35(37,38)39)22-30(32(47)44-15-9-25(10-16-44)43-13-4-1-5-14-43)42-33(48)45-17-11-26(12-18-45)46-19-8-24-6-2-3-7-29(24)41-34(46)49/h2-3,6-7,20-21,25-26,30H,1,4-5,8-19,22,40H2,(H,41,49)(H,42,48). The molecule has 4 aliphatic heterocycles. The number of nitrogens with one attached hydrogen (secondary N) is 2. The molecule has 14 heteroatoms. The highest BCUT2D eigenvalue weighted by molar-refractivity contribution is 6.33. The molecule has 1 unspecified atom stereocenters. The Morgan fingerprint density at radius 2 is 1.57 bits per heavy atom. The van der Waals surface area contributed by atoms with Gasteiger partial charge in [0, 0.05) is 56.9 Å². The third-order valence-electron chi connectivity index (χ3n) is 10.5. The summed E-state index contributed by atoms with van der Waals surface area (Å²) >= 11 is 6.13. The zero-order valence-corrected chi connectivity index (χ0v) is 28.4. The quantitative estimate of drug-likeness (QED) is 0.340. The number of benzene rings is 2. The van der Waals surface area contributed by atoms with E-state index in [1.807, 2.05) is 29.2 Å². The maximum Gasteiger partial charge on any atom is 0.418 e. The molecule has 6 rings (SSSR count). The average Bonchev–Trinajstić information content (AvgIpc) is 3.27. The first-order chi connectivity index (χ1) is 23.5. The highest BCUT2D eigenvalue weighted by Crippen LogP contribution is 2.38. The van der Waals surface area contributed by atoms with Gasteiger partial charge in [0.2, 0.25) is 5.91 Å². The second-order valence-electron chi connectivity index (χ2n) is 13.6. The summed E-state index contributed by atoms with van der Waals surface area (Å²) in [7, 11) is 0. The molecular formula is C35H45ClF3N7O3. The predicted molar refractivity (Wildman–Crippen MR) is 182 cm³/mol. The molecule has 0 radical (unpaired) electrons. The number of carbonyl (C=O) groups is 3. The third-order valence-corrected chi connectivity index (χ3v) is 10.9. The van der Waals surface area contributed by atoms with E-state index in [9.17, 15) is 27.6 Å². The van der Waals surface area contributed by atoms with Gasteiger partial charge in [-0.2, -0.15) is 13.2 Å². The van der Waals surface area contributed by atoms with E-state index in [1.165, 1.54) is 25.3 Å². The van der Waals surface area contributed by atoms with Crippen molar-refractivity contribution in [1.82, 2.24) is 24.9 Å². The summed E-state index contributed by atoms with van der Waals surface area (Å²) in [5.74, 6) is -0.331. The topological polar surface area (TPSA) is 114 Å². The smallest absolute Gasteiger partial charge is 0.397 e. The number of fused-ring (bicyclic) bond motifs is 1. The number of carbonyl (C=O) groups excluding carboxylic acids is 3. The molecule has 0 saturated carbocycles. The molecule has 49 heavy (non-hydrogen) atoms. The van der Waals surface area contributed by atoms with Gasteiger partial charge in [0.05, 0.1) is 16.3 Å². The van der Waals surface area contributed by atoms with Crippen molar-refractivity contribution in [1.29, 1.82) is 0 Å². The Kier molecular flexibility index (Phi) is 10.8. The molecule has 4 N–H and O–H groups in total. The van der Waals surface area contributed by atoms with Crippen LogP contribution in [0, 0.1) is 0 Å². The Morgan fingerprint density at radius 1 is 0.918 bits per heavy atom. The fourth-order valence-corrected chi connectivity index (χ4v) is 8.02. The molecule has 10 nitrogen and oxygen atoms in total. The fourth-order valence-electron chi connectivity index (χ4n) is 7.78. The van der Waals surface area contributed by atoms with E-state index in [0.717, 1.165) is 49.7 Å². The molecule has 266 valence electrons. The first-order valence-corrected chi connectivity index (χ1v) is 17.7. The number of amides is 5. The second kappa shape index (κ2) is 15.0. The minimum absolute atomic E-state index is 0.0605. The SMILES string of the molecule is Nc1c(Cl)cc(CC(NC(=O)N2CCC(N3CCc4ccccc4NC3=O)CC2)C(=O)N2CCC(N3CCCCC3)CC2)cc1C(F)(F)F. The normalized spacial score (nSPS) is 20.7. The lowest BCUT2D eigenvalue weighted by Gasteiger charge is -2.41. The minimum atomic E-state index is -4.74. The van der Waals surface area contributed by atoms with E-state index in [-0.39, 0.29) is 35.0 Å². The van der Waals surface area contributed by atoms with Crippen molar-refractivity contribution in [2.24, 2.45) is 0 Å². The van der Waals surface area contributed by atoms with Crippen LogP contribution in [0.15, 0.2) is 36.4 Å². The molecule has 2 aromatic carbocycles. The molecule has 1 atom stereocenters. The number of hydrogen-bond acceptors (Lipinski definition) is 5. The maximum absolute atomic E-state index is 14.0. The molecular weight excluding hydrogens is 659 g/mol. The first kappa shape index (κ1) is 35.1. The summed E-state index contributed by atoms with van der Waals surface area (Å²) in [5.41, 5.74) is 6.06. The van der Waals surface area contributed by atoms with Crippen molar-refractivity contribution in [3.05, 3.63) is 58.1 Å². The van der Waals surface area contributed by atoms with Crippen molar-refractivity contribution in [3.8, 4) is 0 Å². The summed E-state index contributed by atoms with van der Waals surface area (Å²) in [4.78, 5) is 48.4. The van der Waals surface area contributed by atoms with Crippen molar-refractivity contribution >= 4 is 40.9 Å². The van der Waals surface area contributed by atoms with E-state index in [1.54, 1.807) is 9.80 Å². The Balaban J connectivity index is 1.12. The lowest BCUT2D eigenvalue weighted by atomic mass is 9.97. The zero-order valence-electron chi connectivity index (χ0n) is 27.6. The maximum atomic E-state index is 14.0. The van der Waals surface area contributed by atoms with Crippen LogP contribution in [0.2, 0.25) is 5.02 Å². The molecule has 5 amide bonds. The fraction of sp³-hybridized carbons (Fsp3) is 0.571. The second-order valence-corrected chi connectivity index (χ2v) is 14.1. The van der Waals surface area contributed by atoms with Crippen LogP contribution >= 0.6 is 11.6 Å². The number of para-hydroxylation sites is 1. The van der Waals surface area contributed by atoms with Gasteiger partial charge < -0.3 is 36.0 Å². The van der Waals surface area contributed by atoms with Gasteiger partial charge in [-0.05, 0) is 87.4 Å². The van der Waals surface area contributed by atoms with Gasteiger partial charge in [0.15, 0.2) is 0 Å². The number of anilines is 2. The predicted octanol–water partition coefficient (Wildman–Crippen LogP) is 5.59.